The summed E-state index contributed by atoms with van der Waals surface area (Å²) < 4.78 is 17.3. The maximum atomic E-state index is 10.8. The molecule has 5 atom stereocenters. The van der Waals surface area contributed by atoms with Crippen LogP contribution >= 0.6 is 11.6 Å². The Morgan fingerprint density at radius 3 is 2.73 bits per heavy atom. The average molecular weight is 610 g/mol. The fourth-order valence-corrected chi connectivity index (χ4v) is 8.56. The molecule has 7 nitrogen and oxygen atoms in total. The standard InChI is InChI=1S/C31H36ClN5O.C3H2FO.Li/c1-3-36(15-5-4-14-33)28-23-10-12-31(11-9-22-24(31)7-6-8-25(22)32)20(2)27(23)34-29(35-28)38-19-30-13-16-37(30)26-17-21(26)18-30;1-3(4)2-5;/h5-8,20-21,26H,1,3-4,9-13,15-19H2,2H3;1H2;/q-2;-1;+1/t20-,21?,26+,30+,31-;;/m0../s1. The number of unbranched alkanes of at least 4 members (excludes halogenated alkanes) is 1. The zero-order chi connectivity index (χ0) is 30.4. The van der Waals surface area contributed by atoms with E-state index >= 15 is 0 Å². The van der Waals surface area contributed by atoms with Crippen molar-refractivity contribution in [3.05, 3.63) is 71.4 Å². The van der Waals surface area contributed by atoms with E-state index in [1.807, 2.05) is 12.5 Å². The van der Waals surface area contributed by atoms with Gasteiger partial charge in [-0.25, -0.2) is 16.2 Å². The Hall–Kier alpha value is -2.42. The second-order valence-corrected chi connectivity index (χ2v) is 13.1. The van der Waals surface area contributed by atoms with Gasteiger partial charge in [-0.05, 0) is 73.9 Å². The van der Waals surface area contributed by atoms with E-state index < -0.39 is 5.83 Å². The molecule has 2 aromatic rings. The molecular formula is C34H38ClFLiN5O2-2. The fourth-order valence-electron chi connectivity index (χ4n) is 8.29. The van der Waals surface area contributed by atoms with Crippen LogP contribution in [-0.4, -0.2) is 59.0 Å². The number of benzene rings is 1. The Kier molecular flexibility index (Phi) is 9.83. The molecule has 1 unspecified atom stereocenters. The topological polar surface area (TPSA) is 82.3 Å². The van der Waals surface area contributed by atoms with Gasteiger partial charge in [0, 0.05) is 46.9 Å². The number of rotatable bonds is 9. The first-order valence-corrected chi connectivity index (χ1v) is 15.7. The summed E-state index contributed by atoms with van der Waals surface area (Å²) in [5.74, 6) is 0.970. The number of nitrogens with zero attached hydrogens (tertiary/aromatic N) is 5. The number of allylic oxidation sites excluding steroid dienone is 1. The van der Waals surface area contributed by atoms with E-state index in [4.69, 9.17) is 36.4 Å². The third-order valence-electron chi connectivity index (χ3n) is 10.6. The molecule has 3 heterocycles. The number of hydrogen-bond acceptors (Lipinski definition) is 7. The molecule has 1 aromatic heterocycles. The second-order valence-electron chi connectivity index (χ2n) is 12.7. The number of fused-ring (bicyclic) bond motifs is 6. The molecular weight excluding hydrogens is 572 g/mol. The average Bonchev–Trinajstić information content (AvgIpc) is 3.56. The molecule has 228 valence electrons. The van der Waals surface area contributed by atoms with Gasteiger partial charge in [0.25, 0.3) is 0 Å². The van der Waals surface area contributed by atoms with Gasteiger partial charge in [-0.15, -0.1) is 13.1 Å². The maximum Gasteiger partial charge on any atom is 1.00 e. The largest absolute Gasteiger partial charge is 1.00 e. The van der Waals surface area contributed by atoms with Gasteiger partial charge in [0.15, 0.2) is 0 Å². The Morgan fingerprint density at radius 2 is 2.09 bits per heavy atom. The van der Waals surface area contributed by atoms with E-state index in [0.717, 1.165) is 60.5 Å². The van der Waals surface area contributed by atoms with Crippen LogP contribution in [0.3, 0.4) is 0 Å². The van der Waals surface area contributed by atoms with E-state index in [0.29, 0.717) is 32.1 Å². The molecule has 3 aliphatic carbocycles. The number of piperidine rings is 1. The van der Waals surface area contributed by atoms with Crippen LogP contribution in [0.15, 0.2) is 30.6 Å². The number of anilines is 1. The van der Waals surface area contributed by atoms with Crippen LogP contribution in [0, 0.1) is 30.6 Å². The first-order chi connectivity index (χ1) is 20.8. The summed E-state index contributed by atoms with van der Waals surface area (Å²) >= 11 is 6.65. The van der Waals surface area contributed by atoms with Crippen LogP contribution in [0.1, 0.15) is 73.8 Å². The summed E-state index contributed by atoms with van der Waals surface area (Å²) in [7, 11) is 0. The smallest absolute Gasteiger partial charge is 0.461 e. The molecule has 2 saturated heterocycles. The van der Waals surface area contributed by atoms with E-state index in [-0.39, 0.29) is 35.7 Å². The van der Waals surface area contributed by atoms with Crippen LogP contribution in [0.4, 0.5) is 10.2 Å². The van der Waals surface area contributed by atoms with E-state index in [1.165, 1.54) is 42.5 Å². The van der Waals surface area contributed by atoms with Crippen molar-refractivity contribution in [3.63, 3.8) is 0 Å². The van der Waals surface area contributed by atoms with Gasteiger partial charge in [0.2, 0.25) is 0 Å². The predicted octanol–water partition coefficient (Wildman–Crippen LogP) is 3.02. The van der Waals surface area contributed by atoms with Gasteiger partial charge in [-0.1, -0.05) is 37.1 Å². The monoisotopic (exact) mass is 609 g/mol. The summed E-state index contributed by atoms with van der Waals surface area (Å²) in [4.78, 5) is 23.9. The third-order valence-corrected chi connectivity index (χ3v) is 11.0. The molecule has 3 fully saturated rings. The Morgan fingerprint density at radius 1 is 1.34 bits per heavy atom. The molecule has 0 N–H and O–H groups in total. The number of halogens is 2. The van der Waals surface area contributed by atoms with E-state index in [9.17, 15) is 4.39 Å². The van der Waals surface area contributed by atoms with Gasteiger partial charge < -0.3 is 21.4 Å². The SMILES string of the molecule is C=C(F)[C-]=O.[CH2-]CN(C[CH-]CC#N)c1nc(OC[C@]23CCN2[C@@H]2CC2C3)nc2c1CC[C@@]1(CCc3c(Cl)cccc31)[C@H]2C.[Li+]. The maximum absolute atomic E-state index is 10.8. The third kappa shape index (κ3) is 5.71. The zero-order valence-corrected chi connectivity index (χ0v) is 26.5. The summed E-state index contributed by atoms with van der Waals surface area (Å²) in [5, 5.41) is 9.97. The normalized spacial score (nSPS) is 28.5. The zero-order valence-electron chi connectivity index (χ0n) is 25.7. The molecule has 10 heteroatoms. The fraction of sp³-hybridized carbons (Fsp3) is 0.529. The Labute approximate surface area is 277 Å². The van der Waals surface area contributed by atoms with Crippen LogP contribution in [0.5, 0.6) is 6.01 Å². The molecule has 7 rings (SSSR count). The van der Waals surface area contributed by atoms with Crippen molar-refractivity contribution in [3.8, 4) is 12.1 Å². The summed E-state index contributed by atoms with van der Waals surface area (Å²) in [6.45, 7) is 12.2. The van der Waals surface area contributed by atoms with Crippen LogP contribution < -0.4 is 28.5 Å². The Balaban J connectivity index is 0.000000595. The van der Waals surface area contributed by atoms with Crippen LogP contribution in [0.25, 0.3) is 0 Å². The van der Waals surface area contributed by atoms with Gasteiger partial charge >= 0.3 is 24.9 Å². The first-order valence-electron chi connectivity index (χ1n) is 15.3. The molecule has 1 aromatic carbocycles. The summed E-state index contributed by atoms with van der Waals surface area (Å²) in [6.07, 6.45) is 11.2. The molecule has 0 amide bonds. The number of ether oxygens (including phenoxy) is 1. The first kappa shape index (κ1) is 33.0. The van der Waals surface area contributed by atoms with Gasteiger partial charge in [-0.2, -0.15) is 9.97 Å². The van der Waals surface area contributed by atoms with Crippen molar-refractivity contribution in [1.29, 1.82) is 5.26 Å². The summed E-state index contributed by atoms with van der Waals surface area (Å²) in [6, 6.07) is 9.91. The van der Waals surface area contributed by atoms with Crippen molar-refractivity contribution < 1.29 is 32.8 Å². The molecule has 5 aliphatic rings. The number of carbonyl (C=O) groups excluding carboxylic acids is 1. The number of nitriles is 1. The molecule has 1 saturated carbocycles. The minimum Gasteiger partial charge on any atom is -0.461 e. The molecule has 0 radical (unpaired) electrons. The van der Waals surface area contributed by atoms with Crippen molar-refractivity contribution in [2.75, 3.05) is 31.1 Å². The van der Waals surface area contributed by atoms with E-state index in [1.54, 1.807) is 0 Å². The molecule has 0 bridgehead atoms. The Bertz CT molecular complexity index is 1470. The van der Waals surface area contributed by atoms with Gasteiger partial charge in [-0.3, -0.25) is 11.3 Å². The van der Waals surface area contributed by atoms with Gasteiger partial charge in [0.05, 0.1) is 11.2 Å². The van der Waals surface area contributed by atoms with Gasteiger partial charge in [0.1, 0.15) is 12.4 Å². The van der Waals surface area contributed by atoms with E-state index in [2.05, 4.69) is 48.4 Å². The molecule has 2 aliphatic heterocycles. The molecule has 44 heavy (non-hydrogen) atoms. The minimum absolute atomic E-state index is 0. The number of hydrogen-bond donors (Lipinski definition) is 0. The predicted molar refractivity (Wildman–Crippen MR) is 164 cm³/mol. The van der Waals surface area contributed by atoms with Crippen molar-refractivity contribution >= 4 is 23.7 Å². The van der Waals surface area contributed by atoms with Crippen LogP contribution in [-0.2, 0) is 23.1 Å². The number of aromatic nitrogens is 2. The van der Waals surface area contributed by atoms with Crippen molar-refractivity contribution in [2.24, 2.45) is 5.92 Å². The van der Waals surface area contributed by atoms with Crippen molar-refractivity contribution in [2.45, 2.75) is 81.2 Å². The van der Waals surface area contributed by atoms with Crippen LogP contribution in [0.2, 0.25) is 5.02 Å². The minimum atomic E-state index is -1.05. The quantitative estimate of drug-likeness (QED) is 0.187. The second kappa shape index (κ2) is 13.1. The molecule has 1 spiro atoms. The van der Waals surface area contributed by atoms with Crippen molar-refractivity contribution in [1.82, 2.24) is 14.9 Å². The summed E-state index contributed by atoms with van der Waals surface area (Å²) in [5.41, 5.74) is 5.26.